The fourth-order valence-electron chi connectivity index (χ4n) is 1.61. The minimum atomic E-state index is -0.966. The van der Waals surface area contributed by atoms with Crippen molar-refractivity contribution in [3.63, 3.8) is 0 Å². The molecule has 18 heavy (non-hydrogen) atoms. The Morgan fingerprint density at radius 2 is 1.83 bits per heavy atom. The van der Waals surface area contributed by atoms with E-state index in [2.05, 4.69) is 4.98 Å². The van der Waals surface area contributed by atoms with E-state index < -0.39 is 5.97 Å². The molecule has 1 aromatic heterocycles. The Hall–Kier alpha value is -2.36. The molecule has 2 rings (SSSR count). The van der Waals surface area contributed by atoms with E-state index in [0.717, 1.165) is 5.69 Å². The van der Waals surface area contributed by atoms with Crippen molar-refractivity contribution in [3.8, 4) is 0 Å². The highest BCUT2D eigenvalue weighted by Crippen LogP contribution is 2.21. The lowest BCUT2D eigenvalue weighted by molar-refractivity contribution is 0.0696. The molecule has 2 aromatic rings. The molecule has 0 unspecified atom stereocenters. The number of aromatic carboxylic acids is 1. The number of rotatable bonds is 3. The van der Waals surface area contributed by atoms with Crippen LogP contribution in [-0.2, 0) is 0 Å². The number of carboxylic acid groups (broad SMARTS) is 1. The molecule has 0 aliphatic heterocycles. The van der Waals surface area contributed by atoms with Crippen molar-refractivity contribution in [1.82, 2.24) is 4.98 Å². The van der Waals surface area contributed by atoms with Gasteiger partial charge in [0.2, 0.25) is 0 Å². The second-order valence-electron chi connectivity index (χ2n) is 4.10. The molecular weight excluding hydrogens is 228 g/mol. The van der Waals surface area contributed by atoms with Gasteiger partial charge < -0.3 is 10.0 Å². The van der Waals surface area contributed by atoms with Crippen LogP contribution in [0.1, 0.15) is 15.9 Å². The first kappa shape index (κ1) is 12.1. The van der Waals surface area contributed by atoms with Gasteiger partial charge in [0.1, 0.15) is 5.82 Å². The van der Waals surface area contributed by atoms with Gasteiger partial charge in [-0.05, 0) is 31.2 Å². The minimum absolute atomic E-state index is 0.191. The molecule has 1 N–H and O–H groups in total. The molecule has 0 saturated heterocycles. The molecule has 0 bridgehead atoms. The average Bonchev–Trinajstić information content (AvgIpc) is 2.39. The van der Waals surface area contributed by atoms with Crippen molar-refractivity contribution in [2.24, 2.45) is 0 Å². The number of carbonyl (C=O) groups is 1. The summed E-state index contributed by atoms with van der Waals surface area (Å²) in [6.45, 7) is 2.03. The Kier molecular flexibility index (Phi) is 3.28. The van der Waals surface area contributed by atoms with Crippen LogP contribution < -0.4 is 4.90 Å². The summed E-state index contributed by atoms with van der Waals surface area (Å²) in [4.78, 5) is 16.8. The predicted octanol–water partition coefficient (Wildman–Crippen LogP) is 2.86. The summed E-state index contributed by atoms with van der Waals surface area (Å²) < 4.78 is 0. The number of pyridine rings is 1. The number of aromatic nitrogens is 1. The fraction of sp³-hybridized carbons (Fsp3) is 0.143. The molecule has 0 aliphatic carbocycles. The van der Waals surface area contributed by atoms with Gasteiger partial charge in [-0.15, -0.1) is 0 Å². The van der Waals surface area contributed by atoms with Crippen molar-refractivity contribution in [3.05, 3.63) is 53.7 Å². The quantitative estimate of drug-likeness (QED) is 0.899. The second kappa shape index (κ2) is 4.87. The largest absolute Gasteiger partial charge is 0.478 e. The predicted molar refractivity (Wildman–Crippen MR) is 70.4 cm³/mol. The molecule has 0 fully saturated rings. The summed E-state index contributed by atoms with van der Waals surface area (Å²) >= 11 is 0. The summed E-state index contributed by atoms with van der Waals surface area (Å²) in [6, 6.07) is 11.3. The molecule has 0 saturated carbocycles. The number of anilines is 2. The molecule has 4 nitrogen and oxygen atoms in total. The van der Waals surface area contributed by atoms with Gasteiger partial charge in [-0.2, -0.15) is 0 Å². The number of hydrogen-bond donors (Lipinski definition) is 1. The summed E-state index contributed by atoms with van der Waals surface area (Å²) in [5, 5.41) is 8.81. The van der Waals surface area contributed by atoms with Crippen molar-refractivity contribution in [2.75, 3.05) is 11.9 Å². The highest BCUT2D eigenvalue weighted by Gasteiger charge is 2.07. The Labute approximate surface area is 106 Å². The van der Waals surface area contributed by atoms with Crippen molar-refractivity contribution in [2.45, 2.75) is 6.92 Å². The van der Waals surface area contributed by atoms with Gasteiger partial charge in [-0.1, -0.05) is 17.7 Å². The minimum Gasteiger partial charge on any atom is -0.478 e. The van der Waals surface area contributed by atoms with E-state index in [1.165, 1.54) is 11.8 Å². The van der Waals surface area contributed by atoms with E-state index in [1.807, 2.05) is 43.1 Å². The smallest absolute Gasteiger partial charge is 0.337 e. The second-order valence-corrected chi connectivity index (χ2v) is 4.10. The van der Waals surface area contributed by atoms with Gasteiger partial charge in [0.25, 0.3) is 0 Å². The monoisotopic (exact) mass is 242 g/mol. The number of nitrogens with zero attached hydrogens (tertiary/aromatic N) is 2. The Morgan fingerprint density at radius 1 is 1.17 bits per heavy atom. The summed E-state index contributed by atoms with van der Waals surface area (Å²) in [6.07, 6.45) is 1.36. The SMILES string of the molecule is Cc1ccc(N(C)c2ccc(C(=O)O)cn2)cc1. The van der Waals surface area contributed by atoms with Crippen LogP contribution in [0.5, 0.6) is 0 Å². The van der Waals surface area contributed by atoms with Gasteiger partial charge in [-0.3, -0.25) is 0 Å². The van der Waals surface area contributed by atoms with Gasteiger partial charge in [0.15, 0.2) is 0 Å². The highest BCUT2D eigenvalue weighted by molar-refractivity contribution is 5.87. The van der Waals surface area contributed by atoms with Gasteiger partial charge in [0.05, 0.1) is 5.56 Å². The van der Waals surface area contributed by atoms with Crippen LogP contribution in [0.2, 0.25) is 0 Å². The normalized spacial score (nSPS) is 10.1. The molecular formula is C14H14N2O2. The topological polar surface area (TPSA) is 53.4 Å². The van der Waals surface area contributed by atoms with Gasteiger partial charge in [-0.25, -0.2) is 9.78 Å². The Morgan fingerprint density at radius 3 is 2.33 bits per heavy atom. The Balaban J connectivity index is 2.25. The van der Waals surface area contributed by atoms with Crippen molar-refractivity contribution in [1.29, 1.82) is 0 Å². The van der Waals surface area contributed by atoms with Crippen LogP contribution in [0.25, 0.3) is 0 Å². The van der Waals surface area contributed by atoms with E-state index in [0.29, 0.717) is 5.82 Å². The highest BCUT2D eigenvalue weighted by atomic mass is 16.4. The van der Waals surface area contributed by atoms with E-state index in [1.54, 1.807) is 12.1 Å². The molecule has 0 aliphatic rings. The fourth-order valence-corrected chi connectivity index (χ4v) is 1.61. The van der Waals surface area contributed by atoms with Gasteiger partial charge >= 0.3 is 5.97 Å². The number of carboxylic acids is 1. The zero-order valence-electron chi connectivity index (χ0n) is 10.3. The number of aryl methyl sites for hydroxylation is 1. The number of hydrogen-bond acceptors (Lipinski definition) is 3. The zero-order valence-corrected chi connectivity index (χ0v) is 10.3. The molecule has 0 amide bonds. The van der Waals surface area contributed by atoms with Gasteiger partial charge in [0, 0.05) is 18.9 Å². The molecule has 92 valence electrons. The molecule has 0 spiro atoms. The van der Waals surface area contributed by atoms with E-state index in [4.69, 9.17) is 5.11 Å². The molecule has 0 atom stereocenters. The molecule has 1 aromatic carbocycles. The molecule has 1 heterocycles. The maximum atomic E-state index is 10.7. The third kappa shape index (κ3) is 2.48. The average molecular weight is 242 g/mol. The van der Waals surface area contributed by atoms with Crippen molar-refractivity contribution < 1.29 is 9.90 Å². The van der Waals surface area contributed by atoms with E-state index >= 15 is 0 Å². The molecule has 0 radical (unpaired) electrons. The summed E-state index contributed by atoms with van der Waals surface area (Å²) in [7, 11) is 1.90. The lowest BCUT2D eigenvalue weighted by Crippen LogP contribution is -2.11. The summed E-state index contributed by atoms with van der Waals surface area (Å²) in [5.74, 6) is -0.254. The van der Waals surface area contributed by atoms with Crippen LogP contribution in [0.3, 0.4) is 0 Å². The maximum Gasteiger partial charge on any atom is 0.337 e. The first-order valence-electron chi connectivity index (χ1n) is 5.57. The first-order valence-corrected chi connectivity index (χ1v) is 5.57. The third-order valence-electron chi connectivity index (χ3n) is 2.76. The van der Waals surface area contributed by atoms with E-state index in [-0.39, 0.29) is 5.56 Å². The maximum absolute atomic E-state index is 10.7. The third-order valence-corrected chi connectivity index (χ3v) is 2.76. The van der Waals surface area contributed by atoms with Crippen LogP contribution >= 0.6 is 0 Å². The van der Waals surface area contributed by atoms with Crippen LogP contribution in [0.4, 0.5) is 11.5 Å². The lowest BCUT2D eigenvalue weighted by Gasteiger charge is -2.18. The summed E-state index contributed by atoms with van der Waals surface area (Å²) in [5.41, 5.74) is 2.40. The van der Waals surface area contributed by atoms with Crippen LogP contribution in [0, 0.1) is 6.92 Å². The standard InChI is InChI=1S/C14H14N2O2/c1-10-3-6-12(7-4-10)16(2)13-8-5-11(9-15-13)14(17)18/h3-9H,1-2H3,(H,17,18). The van der Waals surface area contributed by atoms with Crippen LogP contribution in [0.15, 0.2) is 42.6 Å². The molecule has 4 heteroatoms. The van der Waals surface area contributed by atoms with Crippen molar-refractivity contribution >= 4 is 17.5 Å². The number of benzene rings is 1. The Bertz CT molecular complexity index is 547. The van der Waals surface area contributed by atoms with Crippen LogP contribution in [-0.4, -0.2) is 23.1 Å². The first-order chi connectivity index (χ1) is 8.58. The van der Waals surface area contributed by atoms with E-state index in [9.17, 15) is 4.79 Å². The lowest BCUT2D eigenvalue weighted by atomic mass is 10.2. The zero-order chi connectivity index (χ0) is 13.1.